The lowest BCUT2D eigenvalue weighted by molar-refractivity contribution is -0.146. The number of aryl methyl sites for hydroxylation is 1. The van der Waals surface area contributed by atoms with Crippen LogP contribution in [0.4, 0.5) is 5.69 Å². The molecule has 0 radical (unpaired) electrons. The van der Waals surface area contributed by atoms with Gasteiger partial charge in [0.05, 0.1) is 36.0 Å². The summed E-state index contributed by atoms with van der Waals surface area (Å²) in [5.74, 6) is -0.347. The fraction of sp³-hybridized carbons (Fsp3) is 0.300. The van der Waals surface area contributed by atoms with E-state index in [9.17, 15) is 14.4 Å². The summed E-state index contributed by atoms with van der Waals surface area (Å²) in [7, 11) is 1.52. The average Bonchev–Trinajstić information content (AvgIpc) is 3.06. The lowest BCUT2D eigenvalue weighted by atomic mass is 10.2. The van der Waals surface area contributed by atoms with E-state index in [1.807, 2.05) is 0 Å². The van der Waals surface area contributed by atoms with Crippen molar-refractivity contribution in [2.75, 3.05) is 19.0 Å². The van der Waals surface area contributed by atoms with Crippen molar-refractivity contribution in [3.63, 3.8) is 0 Å². The van der Waals surface area contributed by atoms with Crippen LogP contribution in [0, 0.1) is 6.92 Å². The number of rotatable bonds is 6. The summed E-state index contributed by atoms with van der Waals surface area (Å²) in [5.41, 5.74) is 0.652. The Morgan fingerprint density at radius 3 is 2.72 bits per heavy atom. The van der Waals surface area contributed by atoms with Crippen LogP contribution >= 0.6 is 11.3 Å². The van der Waals surface area contributed by atoms with Crippen molar-refractivity contribution >= 4 is 39.1 Å². The zero-order chi connectivity index (χ0) is 21.1. The number of aromatic nitrogens is 2. The van der Waals surface area contributed by atoms with E-state index < -0.39 is 12.0 Å². The fourth-order valence-corrected chi connectivity index (χ4v) is 3.97. The molecule has 1 aromatic carbocycles. The van der Waals surface area contributed by atoms with Gasteiger partial charge in [-0.1, -0.05) is 12.1 Å². The second-order valence-electron chi connectivity index (χ2n) is 6.28. The van der Waals surface area contributed by atoms with Crippen molar-refractivity contribution in [3.8, 4) is 5.75 Å². The van der Waals surface area contributed by atoms with Crippen LogP contribution in [0.2, 0.25) is 0 Å². The molecule has 8 nitrogen and oxygen atoms in total. The van der Waals surface area contributed by atoms with Crippen LogP contribution < -0.4 is 15.6 Å². The maximum absolute atomic E-state index is 13.0. The van der Waals surface area contributed by atoms with Gasteiger partial charge in [-0.25, -0.2) is 9.78 Å². The Hall–Kier alpha value is -3.20. The highest BCUT2D eigenvalue weighted by Gasteiger charge is 2.23. The lowest BCUT2D eigenvalue weighted by Crippen LogP contribution is -2.29. The minimum Gasteiger partial charge on any atom is -0.495 e. The summed E-state index contributed by atoms with van der Waals surface area (Å²) >= 11 is 1.12. The molecule has 2 heterocycles. The molecule has 2 aromatic heterocycles. The molecule has 0 spiro atoms. The van der Waals surface area contributed by atoms with E-state index in [0.29, 0.717) is 32.1 Å². The van der Waals surface area contributed by atoms with Gasteiger partial charge in [0, 0.05) is 0 Å². The first-order valence-electron chi connectivity index (χ1n) is 9.00. The third kappa shape index (κ3) is 3.86. The Bertz CT molecular complexity index is 1130. The number of hydrogen-bond acceptors (Lipinski definition) is 7. The van der Waals surface area contributed by atoms with E-state index in [1.54, 1.807) is 45.0 Å². The molecule has 1 N–H and O–H groups in total. The first kappa shape index (κ1) is 20.5. The number of esters is 1. The molecule has 0 unspecified atom stereocenters. The molecule has 0 aliphatic heterocycles. The molecule has 9 heteroatoms. The maximum Gasteiger partial charge on any atom is 0.328 e. The van der Waals surface area contributed by atoms with E-state index in [0.717, 1.165) is 11.3 Å². The molecule has 3 aromatic rings. The second-order valence-corrected chi connectivity index (χ2v) is 7.27. The van der Waals surface area contributed by atoms with Crippen molar-refractivity contribution in [2.45, 2.75) is 26.8 Å². The summed E-state index contributed by atoms with van der Waals surface area (Å²) in [6.07, 6.45) is 1.31. The number of carbonyl (C=O) groups excluding carboxylic acids is 2. The number of nitrogens with one attached hydrogen (secondary N) is 1. The molecule has 0 aliphatic carbocycles. The van der Waals surface area contributed by atoms with E-state index in [4.69, 9.17) is 9.47 Å². The van der Waals surface area contributed by atoms with Crippen LogP contribution in [0.3, 0.4) is 0 Å². The number of amides is 1. The molecule has 0 aliphatic rings. The largest absolute Gasteiger partial charge is 0.495 e. The van der Waals surface area contributed by atoms with Gasteiger partial charge >= 0.3 is 5.97 Å². The van der Waals surface area contributed by atoms with Gasteiger partial charge in [0.2, 0.25) is 0 Å². The SMILES string of the molecule is CCOC(=O)[C@@H](C)n1cnc2sc(C(=O)Nc3ccccc3OC)c(C)c2c1=O. The highest BCUT2D eigenvalue weighted by Crippen LogP contribution is 2.30. The van der Waals surface area contributed by atoms with Gasteiger partial charge < -0.3 is 14.8 Å². The standard InChI is InChI=1S/C20H21N3O5S/c1-5-28-20(26)12(3)23-10-21-18-15(19(23)25)11(2)16(29-18)17(24)22-13-8-6-7-9-14(13)27-4/h6-10,12H,5H2,1-4H3,(H,22,24)/t12-/m1/s1. The van der Waals surface area contributed by atoms with Crippen LogP contribution in [0.15, 0.2) is 35.4 Å². The zero-order valence-corrected chi connectivity index (χ0v) is 17.3. The third-order valence-electron chi connectivity index (χ3n) is 4.48. The molecule has 3 rings (SSSR count). The summed E-state index contributed by atoms with van der Waals surface area (Å²) in [5, 5.41) is 3.13. The summed E-state index contributed by atoms with van der Waals surface area (Å²) in [6, 6.07) is 6.24. The van der Waals surface area contributed by atoms with Crippen LogP contribution in [-0.4, -0.2) is 35.1 Å². The predicted molar refractivity (Wildman–Crippen MR) is 111 cm³/mol. The van der Waals surface area contributed by atoms with Crippen molar-refractivity contribution in [1.82, 2.24) is 9.55 Å². The topological polar surface area (TPSA) is 99.5 Å². The molecule has 29 heavy (non-hydrogen) atoms. The Morgan fingerprint density at radius 2 is 2.03 bits per heavy atom. The fourth-order valence-electron chi connectivity index (χ4n) is 2.93. The van der Waals surface area contributed by atoms with Crippen LogP contribution in [-0.2, 0) is 9.53 Å². The maximum atomic E-state index is 13.0. The van der Waals surface area contributed by atoms with Crippen LogP contribution in [0.5, 0.6) is 5.75 Å². The Balaban J connectivity index is 2.00. The number of hydrogen-bond donors (Lipinski definition) is 1. The zero-order valence-electron chi connectivity index (χ0n) is 16.5. The van der Waals surface area contributed by atoms with Crippen LogP contribution in [0.25, 0.3) is 10.2 Å². The average molecular weight is 415 g/mol. The Morgan fingerprint density at radius 1 is 1.31 bits per heavy atom. The molecular weight excluding hydrogens is 394 g/mol. The monoisotopic (exact) mass is 415 g/mol. The minimum absolute atomic E-state index is 0.221. The first-order chi connectivity index (χ1) is 13.9. The molecule has 1 atom stereocenters. The molecule has 0 saturated heterocycles. The number of para-hydroxylation sites is 2. The first-order valence-corrected chi connectivity index (χ1v) is 9.81. The van der Waals surface area contributed by atoms with Gasteiger partial charge in [0.15, 0.2) is 0 Å². The van der Waals surface area contributed by atoms with Crippen LogP contribution in [0.1, 0.15) is 35.1 Å². The molecule has 0 saturated carbocycles. The smallest absolute Gasteiger partial charge is 0.328 e. The quantitative estimate of drug-likeness (QED) is 0.621. The lowest BCUT2D eigenvalue weighted by Gasteiger charge is -2.13. The third-order valence-corrected chi connectivity index (χ3v) is 5.68. The Labute approximate surface area is 171 Å². The van der Waals surface area contributed by atoms with Gasteiger partial charge in [-0.3, -0.25) is 14.2 Å². The number of nitrogens with zero attached hydrogens (tertiary/aromatic N) is 2. The molecule has 152 valence electrons. The number of benzene rings is 1. The summed E-state index contributed by atoms with van der Waals surface area (Å²) in [6.45, 7) is 5.19. The number of carbonyl (C=O) groups is 2. The van der Waals surface area contributed by atoms with Crippen molar-refractivity contribution in [1.29, 1.82) is 0 Å². The second kappa shape index (κ2) is 8.44. The Kier molecular flexibility index (Phi) is 5.97. The highest BCUT2D eigenvalue weighted by atomic mass is 32.1. The van der Waals surface area contributed by atoms with Crippen molar-refractivity contribution in [3.05, 3.63) is 51.4 Å². The van der Waals surface area contributed by atoms with E-state index in [-0.39, 0.29) is 18.1 Å². The number of methoxy groups -OCH3 is 1. The molecule has 0 fully saturated rings. The van der Waals surface area contributed by atoms with Gasteiger partial charge in [0.1, 0.15) is 16.6 Å². The van der Waals surface area contributed by atoms with E-state index in [1.165, 1.54) is 18.0 Å². The minimum atomic E-state index is -0.815. The number of anilines is 1. The molecular formula is C20H21N3O5S. The van der Waals surface area contributed by atoms with Gasteiger partial charge in [0.25, 0.3) is 11.5 Å². The van der Waals surface area contributed by atoms with Gasteiger partial charge in [-0.15, -0.1) is 11.3 Å². The normalized spacial score (nSPS) is 11.9. The van der Waals surface area contributed by atoms with Gasteiger partial charge in [-0.2, -0.15) is 0 Å². The van der Waals surface area contributed by atoms with Crippen molar-refractivity contribution in [2.24, 2.45) is 0 Å². The van der Waals surface area contributed by atoms with E-state index >= 15 is 0 Å². The van der Waals surface area contributed by atoms with Gasteiger partial charge in [-0.05, 0) is 38.5 Å². The number of ether oxygens (including phenoxy) is 2. The van der Waals surface area contributed by atoms with E-state index in [2.05, 4.69) is 10.3 Å². The number of fused-ring (bicyclic) bond motifs is 1. The predicted octanol–water partition coefficient (Wildman–Crippen LogP) is 3.15. The molecule has 0 bridgehead atoms. The summed E-state index contributed by atoms with van der Waals surface area (Å²) in [4.78, 5) is 42.9. The highest BCUT2D eigenvalue weighted by molar-refractivity contribution is 7.20. The number of thiophene rings is 1. The molecule has 1 amide bonds. The summed E-state index contributed by atoms with van der Waals surface area (Å²) < 4.78 is 11.5. The van der Waals surface area contributed by atoms with Crippen molar-refractivity contribution < 1.29 is 19.1 Å².